The van der Waals surface area contributed by atoms with E-state index in [1.54, 1.807) is 48.2 Å². The zero-order valence-electron chi connectivity index (χ0n) is 17.3. The van der Waals surface area contributed by atoms with E-state index in [0.29, 0.717) is 28.4 Å². The molecule has 1 aliphatic rings. The molecule has 8 heteroatoms. The van der Waals surface area contributed by atoms with Crippen LogP contribution in [0, 0.1) is 0 Å². The monoisotopic (exact) mass is 449 g/mol. The highest BCUT2D eigenvalue weighted by Gasteiger charge is 2.18. The second-order valence-electron chi connectivity index (χ2n) is 7.28. The van der Waals surface area contributed by atoms with Gasteiger partial charge in [0.15, 0.2) is 0 Å². The Bertz CT molecular complexity index is 1100. The Labute approximate surface area is 190 Å². The van der Waals surface area contributed by atoms with Crippen LogP contribution in [0.15, 0.2) is 71.8 Å². The van der Waals surface area contributed by atoms with Gasteiger partial charge in [0.25, 0.3) is 5.91 Å². The zero-order chi connectivity index (χ0) is 22.3. The molecule has 1 aromatic heterocycles. The molecule has 1 fully saturated rings. The van der Waals surface area contributed by atoms with Crippen molar-refractivity contribution in [1.29, 1.82) is 0 Å². The van der Waals surface area contributed by atoms with Gasteiger partial charge in [-0.2, -0.15) is 0 Å². The normalized spacial score (nSPS) is 15.3. The van der Waals surface area contributed by atoms with Gasteiger partial charge in [-0.1, -0.05) is 18.2 Å². The van der Waals surface area contributed by atoms with Gasteiger partial charge in [0.1, 0.15) is 5.75 Å². The fraction of sp³-hybridized carbons (Fsp3) is 0.208. The number of hydrogen-bond acceptors (Lipinski definition) is 6. The number of carbonyl (C=O) groups excluding carboxylic acids is 2. The number of thioether (sulfide) groups is 1. The standard InChI is InChI=1S/C24H23N3O4S/c25-23(28)16-5-3-6-18(13-16)31-22-11-10-17(14-26-22)27-24(29)20-8-1-2-9-21(20)32-15-19-7-4-12-30-19/h1-3,5-6,8-11,13-14,19H,4,7,12,15H2,(H2,25,28)(H,27,29). The van der Waals surface area contributed by atoms with Gasteiger partial charge in [-0.25, -0.2) is 4.98 Å². The number of anilines is 1. The molecule has 2 amide bonds. The van der Waals surface area contributed by atoms with Gasteiger partial charge < -0.3 is 20.5 Å². The van der Waals surface area contributed by atoms with Crippen LogP contribution in [0.25, 0.3) is 0 Å². The third-order valence-corrected chi connectivity index (χ3v) is 6.12. The van der Waals surface area contributed by atoms with E-state index in [1.165, 1.54) is 6.20 Å². The Morgan fingerprint density at radius 3 is 2.78 bits per heavy atom. The summed E-state index contributed by atoms with van der Waals surface area (Å²) in [5.41, 5.74) is 6.80. The summed E-state index contributed by atoms with van der Waals surface area (Å²) < 4.78 is 11.3. The molecule has 0 bridgehead atoms. The van der Waals surface area contributed by atoms with Gasteiger partial charge in [-0.05, 0) is 49.2 Å². The van der Waals surface area contributed by atoms with Crippen molar-refractivity contribution in [3.8, 4) is 11.6 Å². The molecular formula is C24H23N3O4S. The molecule has 32 heavy (non-hydrogen) atoms. The molecule has 1 atom stereocenters. The molecule has 0 radical (unpaired) electrons. The summed E-state index contributed by atoms with van der Waals surface area (Å²) >= 11 is 1.64. The molecule has 2 heterocycles. The van der Waals surface area contributed by atoms with Crippen molar-refractivity contribution in [2.24, 2.45) is 5.73 Å². The van der Waals surface area contributed by atoms with E-state index in [2.05, 4.69) is 10.3 Å². The Kier molecular flexibility index (Phi) is 7.03. The van der Waals surface area contributed by atoms with Crippen molar-refractivity contribution in [2.75, 3.05) is 17.7 Å². The van der Waals surface area contributed by atoms with Crippen LogP contribution in [-0.2, 0) is 4.74 Å². The molecule has 1 aliphatic heterocycles. The van der Waals surface area contributed by atoms with E-state index in [0.717, 1.165) is 30.1 Å². The maximum absolute atomic E-state index is 12.8. The van der Waals surface area contributed by atoms with E-state index in [4.69, 9.17) is 15.2 Å². The second kappa shape index (κ2) is 10.3. The van der Waals surface area contributed by atoms with Crippen molar-refractivity contribution in [1.82, 2.24) is 4.98 Å². The lowest BCUT2D eigenvalue weighted by Crippen LogP contribution is -2.14. The zero-order valence-corrected chi connectivity index (χ0v) is 18.1. The largest absolute Gasteiger partial charge is 0.439 e. The fourth-order valence-electron chi connectivity index (χ4n) is 3.29. The van der Waals surface area contributed by atoms with Crippen LogP contribution >= 0.6 is 11.8 Å². The number of pyridine rings is 1. The average Bonchev–Trinajstić information content (AvgIpc) is 3.33. The highest BCUT2D eigenvalue weighted by atomic mass is 32.2. The molecule has 164 valence electrons. The summed E-state index contributed by atoms with van der Waals surface area (Å²) in [5.74, 6) is 0.870. The Morgan fingerprint density at radius 1 is 1.16 bits per heavy atom. The highest BCUT2D eigenvalue weighted by molar-refractivity contribution is 7.99. The number of rotatable bonds is 8. The first-order valence-electron chi connectivity index (χ1n) is 10.3. The van der Waals surface area contributed by atoms with Crippen LogP contribution in [-0.4, -0.2) is 35.3 Å². The summed E-state index contributed by atoms with van der Waals surface area (Å²) in [6.45, 7) is 0.816. The van der Waals surface area contributed by atoms with Gasteiger partial charge in [-0.15, -0.1) is 11.8 Å². The third-order valence-electron chi connectivity index (χ3n) is 4.92. The van der Waals surface area contributed by atoms with Crippen LogP contribution in [0.5, 0.6) is 11.6 Å². The van der Waals surface area contributed by atoms with Gasteiger partial charge >= 0.3 is 0 Å². The van der Waals surface area contributed by atoms with E-state index in [1.807, 2.05) is 24.3 Å². The molecule has 1 saturated heterocycles. The lowest BCUT2D eigenvalue weighted by atomic mass is 10.2. The minimum absolute atomic E-state index is 0.204. The summed E-state index contributed by atoms with van der Waals surface area (Å²) in [7, 11) is 0. The Morgan fingerprint density at radius 2 is 2.03 bits per heavy atom. The van der Waals surface area contributed by atoms with Crippen LogP contribution in [0.4, 0.5) is 5.69 Å². The number of hydrogen-bond donors (Lipinski definition) is 2. The molecule has 0 spiro atoms. The molecule has 0 saturated carbocycles. The smallest absolute Gasteiger partial charge is 0.256 e. The molecule has 0 aliphatic carbocycles. The summed E-state index contributed by atoms with van der Waals surface area (Å²) in [6, 6.07) is 17.4. The first kappa shape index (κ1) is 21.9. The number of ether oxygens (including phenoxy) is 2. The lowest BCUT2D eigenvalue weighted by Gasteiger charge is -2.12. The quantitative estimate of drug-likeness (QED) is 0.491. The van der Waals surface area contributed by atoms with Crippen LogP contribution in [0.3, 0.4) is 0 Å². The third kappa shape index (κ3) is 5.66. The SMILES string of the molecule is NC(=O)c1cccc(Oc2ccc(NC(=O)c3ccccc3SCC3CCCO3)cn2)c1. The van der Waals surface area contributed by atoms with Crippen molar-refractivity contribution in [3.05, 3.63) is 78.0 Å². The Balaban J connectivity index is 1.39. The number of nitrogens with two attached hydrogens (primary N) is 1. The van der Waals surface area contributed by atoms with Crippen molar-refractivity contribution in [3.63, 3.8) is 0 Å². The predicted octanol–water partition coefficient (Wildman–Crippen LogP) is 4.50. The maximum Gasteiger partial charge on any atom is 0.256 e. The van der Waals surface area contributed by atoms with E-state index >= 15 is 0 Å². The topological polar surface area (TPSA) is 104 Å². The van der Waals surface area contributed by atoms with Crippen molar-refractivity contribution < 1.29 is 19.1 Å². The molecule has 1 unspecified atom stereocenters. The maximum atomic E-state index is 12.8. The number of carbonyl (C=O) groups is 2. The fourth-order valence-corrected chi connectivity index (χ4v) is 4.40. The van der Waals surface area contributed by atoms with Gasteiger partial charge in [0.05, 0.1) is 23.6 Å². The van der Waals surface area contributed by atoms with E-state index in [-0.39, 0.29) is 12.0 Å². The minimum Gasteiger partial charge on any atom is -0.439 e. The van der Waals surface area contributed by atoms with Gasteiger partial charge in [0.2, 0.25) is 11.8 Å². The van der Waals surface area contributed by atoms with Crippen LogP contribution in [0.2, 0.25) is 0 Å². The second-order valence-corrected chi connectivity index (χ2v) is 8.34. The minimum atomic E-state index is -0.532. The number of primary amides is 1. The Hall–Kier alpha value is -3.36. The number of aromatic nitrogens is 1. The first-order chi connectivity index (χ1) is 15.6. The predicted molar refractivity (Wildman–Crippen MR) is 123 cm³/mol. The molecule has 3 N–H and O–H groups in total. The average molecular weight is 450 g/mol. The first-order valence-corrected chi connectivity index (χ1v) is 11.3. The number of amides is 2. The van der Waals surface area contributed by atoms with Gasteiger partial charge in [0, 0.05) is 28.9 Å². The summed E-state index contributed by atoms with van der Waals surface area (Å²) in [5, 5.41) is 2.88. The van der Waals surface area contributed by atoms with Gasteiger partial charge in [-0.3, -0.25) is 9.59 Å². The summed E-state index contributed by atoms with van der Waals surface area (Å²) in [4.78, 5) is 29.3. The van der Waals surface area contributed by atoms with E-state index in [9.17, 15) is 9.59 Å². The number of nitrogens with zero attached hydrogens (tertiary/aromatic N) is 1. The van der Waals surface area contributed by atoms with Crippen LogP contribution < -0.4 is 15.8 Å². The van der Waals surface area contributed by atoms with Crippen molar-refractivity contribution >= 4 is 29.3 Å². The molecule has 7 nitrogen and oxygen atoms in total. The van der Waals surface area contributed by atoms with Crippen LogP contribution in [0.1, 0.15) is 33.6 Å². The lowest BCUT2D eigenvalue weighted by molar-refractivity contribution is 0.0997. The van der Waals surface area contributed by atoms with E-state index < -0.39 is 5.91 Å². The van der Waals surface area contributed by atoms with Crippen molar-refractivity contribution in [2.45, 2.75) is 23.8 Å². The summed E-state index contributed by atoms with van der Waals surface area (Å²) in [6.07, 6.45) is 3.93. The molecule has 2 aromatic carbocycles. The number of benzene rings is 2. The number of nitrogens with one attached hydrogen (secondary N) is 1. The highest BCUT2D eigenvalue weighted by Crippen LogP contribution is 2.28. The molecule has 3 aromatic rings. The molecular weight excluding hydrogens is 426 g/mol. The molecule has 4 rings (SSSR count).